The van der Waals surface area contributed by atoms with Gasteiger partial charge in [0.1, 0.15) is 0 Å². The van der Waals surface area contributed by atoms with E-state index in [0.717, 1.165) is 62.1 Å². The standard InChI is InChI=1S/C41H43N3O2/c1-46-40-23-22-39(29-42-40)37-18-20-38(21-19-37)41(45)44(30-33-14-16-36(17-15-33)35-12-6-3-7-13-35)31-34-24-27-43(28-25-34)26-8-11-32-9-4-2-5-10-32/h2-7,9-10,12-23,29,34H,8,11,24-28,30-31H2,1H3. The van der Waals surface area contributed by atoms with Gasteiger partial charge in [-0.1, -0.05) is 97.1 Å². The second kappa shape index (κ2) is 15.5. The minimum atomic E-state index is 0.0804. The fourth-order valence-electron chi connectivity index (χ4n) is 6.39. The van der Waals surface area contributed by atoms with E-state index in [1.165, 1.54) is 23.1 Å². The van der Waals surface area contributed by atoms with Crippen LogP contribution in [-0.2, 0) is 13.0 Å². The molecule has 5 heteroatoms. The van der Waals surface area contributed by atoms with Crippen molar-refractivity contribution in [2.45, 2.75) is 32.2 Å². The highest BCUT2D eigenvalue weighted by Crippen LogP contribution is 2.25. The fraction of sp³-hybridized carbons (Fsp3) is 0.268. The molecule has 5 nitrogen and oxygen atoms in total. The van der Waals surface area contributed by atoms with E-state index >= 15 is 0 Å². The number of methoxy groups -OCH3 is 1. The summed E-state index contributed by atoms with van der Waals surface area (Å²) in [7, 11) is 1.61. The summed E-state index contributed by atoms with van der Waals surface area (Å²) in [6, 6.07) is 41.6. The topological polar surface area (TPSA) is 45.7 Å². The van der Waals surface area contributed by atoms with E-state index in [1.807, 2.05) is 42.5 Å². The van der Waals surface area contributed by atoms with Crippen LogP contribution in [0.15, 0.2) is 128 Å². The van der Waals surface area contributed by atoms with Crippen molar-refractivity contribution in [3.05, 3.63) is 144 Å². The van der Waals surface area contributed by atoms with Gasteiger partial charge in [-0.25, -0.2) is 4.98 Å². The molecule has 1 fully saturated rings. The van der Waals surface area contributed by atoms with Gasteiger partial charge >= 0.3 is 0 Å². The number of aryl methyl sites for hydroxylation is 1. The van der Waals surface area contributed by atoms with Crippen molar-refractivity contribution in [1.82, 2.24) is 14.8 Å². The Kier molecular flexibility index (Phi) is 10.5. The molecule has 0 atom stereocenters. The minimum Gasteiger partial charge on any atom is -0.481 e. The van der Waals surface area contributed by atoms with Gasteiger partial charge in [-0.15, -0.1) is 0 Å². The number of carbonyl (C=O) groups is 1. The number of hydrogen-bond acceptors (Lipinski definition) is 4. The second-order valence-corrected chi connectivity index (χ2v) is 12.3. The highest BCUT2D eigenvalue weighted by molar-refractivity contribution is 5.94. The Labute approximate surface area is 273 Å². The summed E-state index contributed by atoms with van der Waals surface area (Å²) in [4.78, 5) is 23.1. The van der Waals surface area contributed by atoms with Gasteiger partial charge in [0.25, 0.3) is 5.91 Å². The minimum absolute atomic E-state index is 0.0804. The predicted octanol–water partition coefficient (Wildman–Crippen LogP) is 8.41. The van der Waals surface area contributed by atoms with Crippen LogP contribution < -0.4 is 4.74 Å². The number of hydrogen-bond donors (Lipinski definition) is 0. The molecule has 0 aliphatic carbocycles. The lowest BCUT2D eigenvalue weighted by Gasteiger charge is -2.35. The second-order valence-electron chi connectivity index (χ2n) is 12.3. The van der Waals surface area contributed by atoms with E-state index < -0.39 is 0 Å². The molecule has 0 N–H and O–H groups in total. The highest BCUT2D eigenvalue weighted by Gasteiger charge is 2.25. The van der Waals surface area contributed by atoms with Crippen molar-refractivity contribution in [2.24, 2.45) is 5.92 Å². The molecule has 234 valence electrons. The summed E-state index contributed by atoms with van der Waals surface area (Å²) in [6.07, 6.45) is 6.34. The first-order valence-corrected chi connectivity index (χ1v) is 16.4. The van der Waals surface area contributed by atoms with Gasteiger partial charge < -0.3 is 14.5 Å². The normalized spacial score (nSPS) is 13.8. The van der Waals surface area contributed by atoms with Crippen LogP contribution in [0.4, 0.5) is 0 Å². The Balaban J connectivity index is 1.12. The van der Waals surface area contributed by atoms with Gasteiger partial charge in [0.15, 0.2) is 0 Å². The summed E-state index contributed by atoms with van der Waals surface area (Å²) in [6.45, 7) is 4.68. The van der Waals surface area contributed by atoms with Gasteiger partial charge in [0.05, 0.1) is 7.11 Å². The molecule has 0 unspecified atom stereocenters. The molecule has 2 heterocycles. The fourth-order valence-corrected chi connectivity index (χ4v) is 6.39. The van der Waals surface area contributed by atoms with Crippen molar-refractivity contribution in [1.29, 1.82) is 0 Å². The Hall–Kier alpha value is -4.74. The molecule has 1 saturated heterocycles. The first-order valence-electron chi connectivity index (χ1n) is 16.4. The Morgan fingerprint density at radius 1 is 0.739 bits per heavy atom. The zero-order valence-corrected chi connectivity index (χ0v) is 26.7. The maximum Gasteiger partial charge on any atom is 0.254 e. The molecular formula is C41H43N3O2. The molecule has 0 radical (unpaired) electrons. The molecule has 6 rings (SSSR count). The van der Waals surface area contributed by atoms with E-state index in [-0.39, 0.29) is 5.91 Å². The van der Waals surface area contributed by atoms with Gasteiger partial charge in [0, 0.05) is 36.5 Å². The van der Waals surface area contributed by atoms with Gasteiger partial charge in [-0.2, -0.15) is 0 Å². The Morgan fingerprint density at radius 2 is 1.35 bits per heavy atom. The predicted molar refractivity (Wildman–Crippen MR) is 187 cm³/mol. The molecule has 4 aromatic carbocycles. The number of benzene rings is 4. The van der Waals surface area contributed by atoms with Gasteiger partial charge in [-0.3, -0.25) is 4.79 Å². The number of nitrogens with zero attached hydrogens (tertiary/aromatic N) is 3. The molecule has 5 aromatic rings. The largest absolute Gasteiger partial charge is 0.481 e. The first kappa shape index (κ1) is 31.3. The van der Waals surface area contributed by atoms with Crippen LogP contribution in [0.2, 0.25) is 0 Å². The van der Waals surface area contributed by atoms with Crippen molar-refractivity contribution >= 4 is 5.91 Å². The van der Waals surface area contributed by atoms with Crippen LogP contribution in [0, 0.1) is 5.92 Å². The number of ether oxygens (including phenoxy) is 1. The Bertz CT molecular complexity index is 1650. The van der Waals surface area contributed by atoms with Crippen LogP contribution in [0.1, 0.15) is 40.7 Å². The maximum absolute atomic E-state index is 14.1. The van der Waals surface area contributed by atoms with E-state index in [9.17, 15) is 4.79 Å². The number of piperidine rings is 1. The van der Waals surface area contributed by atoms with Crippen LogP contribution in [-0.4, -0.2) is 54.0 Å². The summed E-state index contributed by atoms with van der Waals surface area (Å²) in [5.41, 5.74) is 7.67. The van der Waals surface area contributed by atoms with Gasteiger partial charge in [-0.05, 0) is 97.3 Å². The third-order valence-corrected chi connectivity index (χ3v) is 9.10. The molecule has 0 spiro atoms. The number of amides is 1. The van der Waals surface area contributed by atoms with Crippen molar-refractivity contribution in [2.75, 3.05) is 33.3 Å². The van der Waals surface area contributed by atoms with Crippen LogP contribution >= 0.6 is 0 Å². The lowest BCUT2D eigenvalue weighted by Crippen LogP contribution is -2.41. The molecule has 1 aliphatic heterocycles. The molecule has 1 amide bonds. The third-order valence-electron chi connectivity index (χ3n) is 9.10. The average Bonchev–Trinajstić information content (AvgIpc) is 3.13. The molecule has 0 bridgehead atoms. The van der Waals surface area contributed by atoms with E-state index in [1.54, 1.807) is 13.3 Å². The van der Waals surface area contributed by atoms with E-state index in [4.69, 9.17) is 4.74 Å². The van der Waals surface area contributed by atoms with Crippen molar-refractivity contribution in [3.63, 3.8) is 0 Å². The smallest absolute Gasteiger partial charge is 0.254 e. The lowest BCUT2D eigenvalue weighted by atomic mass is 9.95. The number of rotatable bonds is 12. The quantitative estimate of drug-likeness (QED) is 0.143. The average molecular weight is 610 g/mol. The zero-order chi connectivity index (χ0) is 31.6. The van der Waals surface area contributed by atoms with Crippen molar-refractivity contribution < 1.29 is 9.53 Å². The highest BCUT2D eigenvalue weighted by atomic mass is 16.5. The third kappa shape index (κ3) is 8.29. The van der Waals surface area contributed by atoms with Crippen LogP contribution in [0.5, 0.6) is 5.88 Å². The number of likely N-dealkylation sites (tertiary alicyclic amines) is 1. The van der Waals surface area contributed by atoms with Crippen LogP contribution in [0.25, 0.3) is 22.3 Å². The summed E-state index contributed by atoms with van der Waals surface area (Å²) in [5, 5.41) is 0. The van der Waals surface area contributed by atoms with Crippen molar-refractivity contribution in [3.8, 4) is 28.1 Å². The van der Waals surface area contributed by atoms with Crippen LogP contribution in [0.3, 0.4) is 0 Å². The number of carbonyl (C=O) groups excluding carboxylic acids is 1. The maximum atomic E-state index is 14.1. The molecule has 1 aliphatic rings. The van der Waals surface area contributed by atoms with Gasteiger partial charge in [0.2, 0.25) is 5.88 Å². The monoisotopic (exact) mass is 609 g/mol. The Morgan fingerprint density at radius 3 is 2.00 bits per heavy atom. The SMILES string of the molecule is COc1ccc(-c2ccc(C(=O)N(Cc3ccc(-c4ccccc4)cc3)CC3CCN(CCCc4ccccc4)CC3)cc2)cn1. The summed E-state index contributed by atoms with van der Waals surface area (Å²) < 4.78 is 5.20. The zero-order valence-electron chi connectivity index (χ0n) is 26.7. The summed E-state index contributed by atoms with van der Waals surface area (Å²) >= 11 is 0. The number of aromatic nitrogens is 1. The lowest BCUT2D eigenvalue weighted by molar-refractivity contribution is 0.0674. The molecule has 1 aromatic heterocycles. The molecule has 46 heavy (non-hydrogen) atoms. The number of pyridine rings is 1. The summed E-state index contributed by atoms with van der Waals surface area (Å²) in [5.74, 6) is 1.15. The van der Waals surface area contributed by atoms with E-state index in [0.29, 0.717) is 23.9 Å². The first-order chi connectivity index (χ1) is 22.6. The van der Waals surface area contributed by atoms with E-state index in [2.05, 4.69) is 93.6 Å². The molecular weight excluding hydrogens is 566 g/mol. The molecule has 0 saturated carbocycles.